The largest absolute Gasteiger partial charge is 0.543 e. The third-order valence-electron chi connectivity index (χ3n) is 5.49. The van der Waals surface area contributed by atoms with Gasteiger partial charge in [0.2, 0.25) is 22.7 Å². The first-order valence-electron chi connectivity index (χ1n) is 10.3. The summed E-state index contributed by atoms with van der Waals surface area (Å²) in [6.45, 7) is -0.456. The van der Waals surface area contributed by atoms with Gasteiger partial charge in [0, 0.05) is 28.2 Å². The molecule has 1 fully saturated rings. The molecule has 1 saturated heterocycles. The highest BCUT2D eigenvalue weighted by Gasteiger charge is 2.53. The minimum Gasteiger partial charge on any atom is -0.543 e. The summed E-state index contributed by atoms with van der Waals surface area (Å²) >= 11 is 3.53. The van der Waals surface area contributed by atoms with E-state index in [1.807, 2.05) is 0 Å². The Bertz CT molecular complexity index is 1450. The molecule has 2 amide bonds. The Kier molecular flexibility index (Phi) is 6.35. The summed E-state index contributed by atoms with van der Waals surface area (Å²) in [5, 5.41) is 19.4. The summed E-state index contributed by atoms with van der Waals surface area (Å²) in [5.74, 6) is -2.66. The number of fused-ring (bicyclic) bond motifs is 2. The lowest BCUT2D eigenvalue weighted by Gasteiger charge is -2.50. The number of alkyl halides is 1. The van der Waals surface area contributed by atoms with Crippen molar-refractivity contribution in [3.8, 4) is 0 Å². The minimum absolute atomic E-state index is 0.0604. The number of carboxylic acids is 1. The Morgan fingerprint density at radius 3 is 2.94 bits per heavy atom. The molecule has 5 rings (SSSR count). The number of anilines is 1. The molecule has 0 unspecified atom stereocenters. The van der Waals surface area contributed by atoms with Crippen molar-refractivity contribution < 1.29 is 33.3 Å². The van der Waals surface area contributed by atoms with Crippen molar-refractivity contribution in [3.05, 3.63) is 40.7 Å². The topological polar surface area (TPSA) is 171 Å². The van der Waals surface area contributed by atoms with E-state index >= 15 is 0 Å². The van der Waals surface area contributed by atoms with Crippen LogP contribution in [0.5, 0.6) is 0 Å². The zero-order chi connectivity index (χ0) is 25.6. The molecule has 3 aromatic heterocycles. The number of rotatable bonds is 8. The second-order valence-electron chi connectivity index (χ2n) is 7.67. The first-order valence-corrected chi connectivity index (χ1v) is 13.0. The molecule has 2 aliphatic rings. The molecule has 3 N–H and O–H groups in total. The van der Waals surface area contributed by atoms with Gasteiger partial charge in [-0.2, -0.15) is 13.8 Å². The number of oxime groups is 1. The molecule has 188 valence electrons. The van der Waals surface area contributed by atoms with Crippen LogP contribution in [0, 0.1) is 0 Å². The lowest BCUT2D eigenvalue weighted by Crippen LogP contribution is -2.71. The Morgan fingerprint density at radius 1 is 1.47 bits per heavy atom. The average Bonchev–Trinajstić information content (AvgIpc) is 3.56. The number of nitrogens with two attached hydrogens (primary N) is 1. The molecule has 0 saturated carbocycles. The summed E-state index contributed by atoms with van der Waals surface area (Å²) in [6, 6.07) is -1.00. The first kappa shape index (κ1) is 24.1. The van der Waals surface area contributed by atoms with E-state index in [4.69, 9.17) is 10.6 Å². The lowest BCUT2D eigenvalue weighted by atomic mass is 10.0. The van der Waals surface area contributed by atoms with Gasteiger partial charge in [0.1, 0.15) is 31.3 Å². The molecule has 36 heavy (non-hydrogen) atoms. The van der Waals surface area contributed by atoms with Crippen molar-refractivity contribution in [2.45, 2.75) is 24.6 Å². The predicted molar refractivity (Wildman–Crippen MR) is 125 cm³/mol. The van der Waals surface area contributed by atoms with Crippen LogP contribution in [0.3, 0.4) is 0 Å². The first-order chi connectivity index (χ1) is 17.3. The number of nitrogens with one attached hydrogen (secondary N) is 1. The highest BCUT2D eigenvalue weighted by molar-refractivity contribution is 8.00. The Hall–Kier alpha value is -3.57. The highest BCUT2D eigenvalue weighted by Crippen LogP contribution is 2.40. The van der Waals surface area contributed by atoms with Gasteiger partial charge in [-0.05, 0) is 0 Å². The van der Waals surface area contributed by atoms with Crippen LogP contribution < -0.4 is 20.7 Å². The van der Waals surface area contributed by atoms with Crippen LogP contribution in [0.4, 0.5) is 9.52 Å². The molecule has 17 heteroatoms. The number of imidazole rings is 1. The molecule has 2 atom stereocenters. The number of carbonyl (C=O) groups is 3. The lowest BCUT2D eigenvalue weighted by molar-refractivity contribution is -0.687. The maximum absolute atomic E-state index is 13.2. The Morgan fingerprint density at radius 2 is 2.28 bits per heavy atom. The maximum atomic E-state index is 13.2. The fraction of sp³-hybridized carbons (Fsp3) is 0.316. The zero-order valence-corrected chi connectivity index (χ0v) is 20.9. The van der Waals surface area contributed by atoms with Crippen molar-refractivity contribution in [2.75, 3.05) is 18.6 Å². The van der Waals surface area contributed by atoms with E-state index in [1.165, 1.54) is 30.2 Å². The van der Waals surface area contributed by atoms with E-state index in [9.17, 15) is 23.9 Å². The second kappa shape index (κ2) is 9.47. The van der Waals surface area contributed by atoms with Gasteiger partial charge >= 0.3 is 0 Å². The highest BCUT2D eigenvalue weighted by atomic mass is 32.2. The molecule has 0 spiro atoms. The molecular weight excluding hydrogens is 535 g/mol. The van der Waals surface area contributed by atoms with Gasteiger partial charge in [0.25, 0.3) is 11.8 Å². The molecule has 0 bridgehead atoms. The van der Waals surface area contributed by atoms with Gasteiger partial charge in [0.05, 0.1) is 11.7 Å². The average molecular weight is 553 g/mol. The van der Waals surface area contributed by atoms with Crippen LogP contribution in [0.1, 0.15) is 11.5 Å². The van der Waals surface area contributed by atoms with E-state index in [2.05, 4.69) is 19.8 Å². The summed E-state index contributed by atoms with van der Waals surface area (Å²) in [6.07, 6.45) is 3.45. The number of aliphatic carboxylic acids is 1. The van der Waals surface area contributed by atoms with Gasteiger partial charge in [-0.1, -0.05) is 16.5 Å². The van der Waals surface area contributed by atoms with E-state index in [-0.39, 0.29) is 34.7 Å². The molecule has 3 aromatic rings. The second-order valence-corrected chi connectivity index (χ2v) is 10.4. The number of nitrogen functional groups attached to an aromatic ring is 1. The molecule has 0 aliphatic carbocycles. The van der Waals surface area contributed by atoms with E-state index in [1.54, 1.807) is 26.9 Å². The van der Waals surface area contributed by atoms with Gasteiger partial charge < -0.3 is 25.8 Å². The third kappa shape index (κ3) is 4.07. The fourth-order valence-corrected chi connectivity index (χ4v) is 6.62. The van der Waals surface area contributed by atoms with Gasteiger partial charge in [-0.3, -0.25) is 14.5 Å². The van der Waals surface area contributed by atoms with Crippen molar-refractivity contribution in [2.24, 2.45) is 5.16 Å². The molecule has 5 heterocycles. The van der Waals surface area contributed by atoms with Crippen LogP contribution in [0.2, 0.25) is 0 Å². The van der Waals surface area contributed by atoms with Crippen LogP contribution in [0.15, 0.2) is 34.3 Å². The number of halogens is 1. The fourth-order valence-electron chi connectivity index (χ4n) is 3.94. The number of hydrogen-bond donors (Lipinski definition) is 2. The predicted octanol–water partition coefficient (Wildman–Crippen LogP) is -1.35. The number of nitrogens with zero attached hydrogens (tertiary/aromatic N) is 6. The number of β-lactam (4-membered cyclic amide) rings is 1. The van der Waals surface area contributed by atoms with Crippen molar-refractivity contribution in [1.29, 1.82) is 0 Å². The molecular formula is C19H17FN8O5S3. The Balaban J connectivity index is 1.35. The Labute approximate surface area is 214 Å². The van der Waals surface area contributed by atoms with Crippen molar-refractivity contribution in [3.63, 3.8) is 0 Å². The molecule has 13 nitrogen and oxygen atoms in total. The molecule has 0 radical (unpaired) electrons. The van der Waals surface area contributed by atoms with Gasteiger partial charge in [-0.15, -0.1) is 11.8 Å². The van der Waals surface area contributed by atoms with Crippen LogP contribution in [-0.2, 0) is 32.4 Å². The normalized spacial score (nSPS) is 19.9. The smallest absolute Gasteiger partial charge is 0.278 e. The summed E-state index contributed by atoms with van der Waals surface area (Å²) in [5.41, 5.74) is 6.02. The SMILES string of the molecule is CO/N=C(\C(=O)N[C@@H]1C(=O)N2C(C(=O)[O-])=C(C[n+]3cc4scc(CF)n4c3)CS[C@H]12)c1nsc(N)n1. The van der Waals surface area contributed by atoms with E-state index in [0.717, 1.165) is 21.3 Å². The molecule has 2 aliphatic heterocycles. The number of amides is 2. The van der Waals surface area contributed by atoms with E-state index < -0.39 is 35.9 Å². The third-order valence-corrected chi connectivity index (χ3v) is 8.31. The van der Waals surface area contributed by atoms with Gasteiger partial charge in [0.15, 0.2) is 17.5 Å². The van der Waals surface area contributed by atoms with E-state index in [0.29, 0.717) is 11.3 Å². The summed E-state index contributed by atoms with van der Waals surface area (Å²) in [4.78, 5) is 48.3. The number of aromatic nitrogens is 4. The number of thiazole rings is 1. The monoisotopic (exact) mass is 552 g/mol. The molecule has 0 aromatic carbocycles. The van der Waals surface area contributed by atoms with Crippen molar-refractivity contribution >= 4 is 68.1 Å². The van der Waals surface area contributed by atoms with Gasteiger partial charge in [-0.25, -0.2) is 8.96 Å². The summed E-state index contributed by atoms with van der Waals surface area (Å²) < 4.78 is 20.5. The van der Waals surface area contributed by atoms with Crippen LogP contribution >= 0.6 is 34.6 Å². The number of hydrogen-bond acceptors (Lipinski definition) is 12. The number of carbonyl (C=O) groups excluding carboxylic acids is 3. The number of thioether (sulfide) groups is 1. The maximum Gasteiger partial charge on any atom is 0.278 e. The summed E-state index contributed by atoms with van der Waals surface area (Å²) in [7, 11) is 1.24. The minimum atomic E-state index is -1.50. The van der Waals surface area contributed by atoms with Crippen molar-refractivity contribution in [1.82, 2.24) is 24.0 Å². The quantitative estimate of drug-likeness (QED) is 0.148. The van der Waals surface area contributed by atoms with Crippen LogP contribution in [-0.4, -0.2) is 66.4 Å². The number of carboxylic acid groups (broad SMARTS) is 1. The zero-order valence-electron chi connectivity index (χ0n) is 18.4. The standard InChI is InChI=1S/C19H17FN8O5S3/c1-33-24-11(14-23-19(21)36-25-14)15(29)22-12-16(30)28-13(18(31)32)8(5-35-17(12)28)3-26-4-10-27(7-26)9(2-20)6-34-10/h4,6-7,12,17H,2-3,5H2,1H3,(H3-,21,22,23,25,29,31,32)/b24-11-/t12-,17-/m1/s1. The van der Waals surface area contributed by atoms with Crippen LogP contribution in [0.25, 0.3) is 4.83 Å².